The third kappa shape index (κ3) is 5.96. The molecule has 0 aliphatic carbocycles. The van der Waals surface area contributed by atoms with Gasteiger partial charge in [0.25, 0.3) is 0 Å². The van der Waals surface area contributed by atoms with Crippen LogP contribution >= 0.6 is 23.2 Å². The molecule has 2 aromatic carbocycles. The van der Waals surface area contributed by atoms with Crippen molar-refractivity contribution in [3.05, 3.63) is 58.1 Å². The first-order chi connectivity index (χ1) is 12.0. The van der Waals surface area contributed by atoms with Crippen molar-refractivity contribution in [1.29, 1.82) is 0 Å². The van der Waals surface area contributed by atoms with Crippen molar-refractivity contribution in [2.24, 2.45) is 0 Å². The molecule has 0 saturated heterocycles. The number of unbranched alkanes of at least 4 members (excludes halogenated alkanes) is 1. The highest BCUT2D eigenvalue weighted by molar-refractivity contribution is 6.35. The number of hydrogen-bond acceptors (Lipinski definition) is 4. The number of halogens is 2. The van der Waals surface area contributed by atoms with Crippen molar-refractivity contribution < 1.29 is 19.1 Å². The Morgan fingerprint density at radius 3 is 2.48 bits per heavy atom. The van der Waals surface area contributed by atoms with Crippen LogP contribution in [0, 0.1) is 0 Å². The van der Waals surface area contributed by atoms with Gasteiger partial charge in [-0.15, -0.1) is 0 Å². The van der Waals surface area contributed by atoms with Crippen LogP contribution in [0.25, 0.3) is 0 Å². The Labute approximate surface area is 155 Å². The number of ether oxygens (including phenoxy) is 2. The number of rotatable bonds is 6. The molecule has 1 N–H and O–H groups in total. The molecule has 0 spiro atoms. The van der Waals surface area contributed by atoms with Crippen molar-refractivity contribution in [2.45, 2.75) is 19.8 Å². The molecule has 0 fully saturated rings. The van der Waals surface area contributed by atoms with E-state index in [9.17, 15) is 9.59 Å². The molecular weight excluding hydrogens is 365 g/mol. The molecule has 2 rings (SSSR count). The van der Waals surface area contributed by atoms with Gasteiger partial charge in [-0.1, -0.05) is 36.5 Å². The van der Waals surface area contributed by atoms with Crippen LogP contribution in [0.5, 0.6) is 5.75 Å². The molecule has 7 heteroatoms. The zero-order valence-electron chi connectivity index (χ0n) is 13.6. The Bertz CT molecular complexity index is 747. The molecular formula is C18H17Cl2NO4. The largest absolute Gasteiger partial charge is 0.462 e. The lowest BCUT2D eigenvalue weighted by Gasteiger charge is -2.09. The van der Waals surface area contributed by atoms with E-state index in [4.69, 9.17) is 32.7 Å². The Kier molecular flexibility index (Phi) is 7.10. The van der Waals surface area contributed by atoms with Gasteiger partial charge in [-0.05, 0) is 48.9 Å². The van der Waals surface area contributed by atoms with Crippen molar-refractivity contribution >= 4 is 41.0 Å². The van der Waals surface area contributed by atoms with Gasteiger partial charge in [-0.2, -0.15) is 0 Å². The molecule has 0 radical (unpaired) electrons. The summed E-state index contributed by atoms with van der Waals surface area (Å²) >= 11 is 11.8. The molecule has 0 aliphatic rings. The van der Waals surface area contributed by atoms with Gasteiger partial charge in [0.2, 0.25) is 0 Å². The summed E-state index contributed by atoms with van der Waals surface area (Å²) in [6.45, 7) is 2.40. The number of carbonyl (C=O) groups is 2. The van der Waals surface area contributed by atoms with Crippen LogP contribution in [0.2, 0.25) is 10.0 Å². The van der Waals surface area contributed by atoms with Crippen molar-refractivity contribution in [3.63, 3.8) is 0 Å². The van der Waals surface area contributed by atoms with Gasteiger partial charge < -0.3 is 9.47 Å². The first kappa shape index (κ1) is 19.1. The molecule has 1 amide bonds. The van der Waals surface area contributed by atoms with E-state index in [2.05, 4.69) is 5.32 Å². The Hall–Kier alpha value is -2.24. The summed E-state index contributed by atoms with van der Waals surface area (Å²) in [6.07, 6.45) is 1.05. The molecule has 0 aromatic heterocycles. The lowest BCUT2D eigenvalue weighted by molar-refractivity contribution is 0.0499. The summed E-state index contributed by atoms with van der Waals surface area (Å²) in [5.41, 5.74) is 0.733. The van der Waals surface area contributed by atoms with Crippen molar-refractivity contribution in [2.75, 3.05) is 11.9 Å². The standard InChI is InChI=1S/C18H17Cl2NO4/c1-2-3-10-24-17(22)12-4-7-14(8-5-12)25-18(23)21-16-11-13(19)6-9-15(16)20/h4-9,11H,2-3,10H2,1H3,(H,21,23). The SMILES string of the molecule is CCCCOC(=O)c1ccc(OC(=O)Nc2cc(Cl)ccc2Cl)cc1. The fourth-order valence-electron chi connectivity index (χ4n) is 1.89. The topological polar surface area (TPSA) is 64.6 Å². The minimum absolute atomic E-state index is 0.278. The van der Waals surface area contributed by atoms with Crippen LogP contribution in [0.1, 0.15) is 30.1 Å². The number of nitrogens with one attached hydrogen (secondary N) is 1. The number of esters is 1. The normalized spacial score (nSPS) is 10.2. The van der Waals surface area contributed by atoms with Gasteiger partial charge >= 0.3 is 12.1 Å². The predicted molar refractivity (Wildman–Crippen MR) is 97.7 cm³/mol. The van der Waals surface area contributed by atoms with Crippen LogP contribution in [-0.4, -0.2) is 18.7 Å². The Morgan fingerprint density at radius 1 is 1.08 bits per heavy atom. The van der Waals surface area contributed by atoms with Crippen LogP contribution in [0.4, 0.5) is 10.5 Å². The minimum atomic E-state index is -0.720. The lowest BCUT2D eigenvalue weighted by Crippen LogP contribution is -2.17. The second-order valence-electron chi connectivity index (χ2n) is 5.15. The summed E-state index contributed by atoms with van der Waals surface area (Å²) in [5.74, 6) is -0.129. The second-order valence-corrected chi connectivity index (χ2v) is 6.00. The van der Waals surface area contributed by atoms with Gasteiger partial charge in [0, 0.05) is 5.02 Å². The zero-order chi connectivity index (χ0) is 18.2. The van der Waals surface area contributed by atoms with E-state index in [1.54, 1.807) is 12.1 Å². The van der Waals surface area contributed by atoms with Crippen LogP contribution in [0.15, 0.2) is 42.5 Å². The molecule has 0 unspecified atom stereocenters. The van der Waals surface area contributed by atoms with Gasteiger partial charge in [0.1, 0.15) is 5.75 Å². The summed E-state index contributed by atoms with van der Waals surface area (Å²) in [4.78, 5) is 23.7. The Balaban J connectivity index is 1.93. The van der Waals surface area contributed by atoms with Gasteiger partial charge in [0.15, 0.2) is 0 Å². The van der Waals surface area contributed by atoms with Gasteiger partial charge in [0.05, 0.1) is 22.9 Å². The first-order valence-electron chi connectivity index (χ1n) is 7.70. The number of amides is 1. The monoisotopic (exact) mass is 381 g/mol. The van der Waals surface area contributed by atoms with Crippen LogP contribution in [0.3, 0.4) is 0 Å². The molecule has 0 atom stereocenters. The summed E-state index contributed by atoms with van der Waals surface area (Å²) in [5, 5.41) is 3.28. The van der Waals surface area contributed by atoms with Crippen LogP contribution < -0.4 is 10.1 Å². The van der Waals surface area contributed by atoms with Crippen molar-refractivity contribution in [3.8, 4) is 5.75 Å². The van der Waals surface area contributed by atoms with Gasteiger partial charge in [-0.3, -0.25) is 5.32 Å². The highest BCUT2D eigenvalue weighted by Crippen LogP contribution is 2.25. The number of hydrogen-bond donors (Lipinski definition) is 1. The average molecular weight is 382 g/mol. The third-order valence-corrected chi connectivity index (χ3v) is 3.76. The predicted octanol–water partition coefficient (Wildman–Crippen LogP) is 5.56. The molecule has 132 valence electrons. The highest BCUT2D eigenvalue weighted by atomic mass is 35.5. The van der Waals surface area contributed by atoms with Crippen molar-refractivity contribution in [1.82, 2.24) is 0 Å². The summed E-state index contributed by atoms with van der Waals surface area (Å²) < 4.78 is 10.2. The molecule has 25 heavy (non-hydrogen) atoms. The van der Waals surface area contributed by atoms with E-state index in [1.165, 1.54) is 30.3 Å². The first-order valence-corrected chi connectivity index (χ1v) is 8.46. The maximum atomic E-state index is 11.9. The van der Waals surface area contributed by atoms with Gasteiger partial charge in [-0.25, -0.2) is 9.59 Å². The molecule has 2 aromatic rings. The number of benzene rings is 2. The summed E-state index contributed by atoms with van der Waals surface area (Å²) in [6, 6.07) is 10.8. The fourth-order valence-corrected chi connectivity index (χ4v) is 2.22. The second kappa shape index (κ2) is 9.30. The quantitative estimate of drug-likeness (QED) is 0.525. The maximum absolute atomic E-state index is 11.9. The van der Waals surface area contributed by atoms with E-state index in [1.807, 2.05) is 6.92 Å². The smallest absolute Gasteiger partial charge is 0.417 e. The van der Waals surface area contributed by atoms with E-state index in [0.717, 1.165) is 12.8 Å². The minimum Gasteiger partial charge on any atom is -0.462 e. The zero-order valence-corrected chi connectivity index (χ0v) is 15.1. The number of carbonyl (C=O) groups excluding carboxylic acids is 2. The van der Waals surface area contributed by atoms with E-state index >= 15 is 0 Å². The third-order valence-electron chi connectivity index (χ3n) is 3.20. The fraction of sp³-hybridized carbons (Fsp3) is 0.222. The number of anilines is 1. The molecule has 0 aliphatic heterocycles. The molecule has 0 saturated carbocycles. The highest BCUT2D eigenvalue weighted by Gasteiger charge is 2.11. The average Bonchev–Trinajstić information content (AvgIpc) is 2.59. The lowest BCUT2D eigenvalue weighted by atomic mass is 10.2. The molecule has 0 bridgehead atoms. The maximum Gasteiger partial charge on any atom is 0.417 e. The molecule has 5 nitrogen and oxygen atoms in total. The molecule has 0 heterocycles. The van der Waals surface area contributed by atoms with Crippen LogP contribution in [-0.2, 0) is 4.74 Å². The Morgan fingerprint density at radius 2 is 1.80 bits per heavy atom. The van der Waals surface area contributed by atoms with E-state index < -0.39 is 12.1 Å². The summed E-state index contributed by atoms with van der Waals surface area (Å²) in [7, 11) is 0. The van der Waals surface area contributed by atoms with E-state index in [0.29, 0.717) is 27.9 Å². The van der Waals surface area contributed by atoms with E-state index in [-0.39, 0.29) is 5.75 Å².